The second kappa shape index (κ2) is 6.98. The lowest BCUT2D eigenvalue weighted by molar-refractivity contribution is 0.0697. The third-order valence-corrected chi connectivity index (χ3v) is 2.68. The second-order valence-corrected chi connectivity index (χ2v) is 4.34. The van der Waals surface area contributed by atoms with Gasteiger partial charge in [-0.15, -0.1) is 0 Å². The highest BCUT2D eigenvalue weighted by molar-refractivity contribution is 5.88. The van der Waals surface area contributed by atoms with Crippen molar-refractivity contribution in [2.75, 3.05) is 31.8 Å². The van der Waals surface area contributed by atoms with Gasteiger partial charge in [0.2, 0.25) is 0 Å². The topological polar surface area (TPSA) is 75.8 Å². The van der Waals surface area contributed by atoms with Crippen LogP contribution in [0, 0.1) is 5.92 Å². The summed E-state index contributed by atoms with van der Waals surface area (Å²) in [5, 5.41) is 8.98. The summed E-state index contributed by atoms with van der Waals surface area (Å²) in [6.07, 6.45) is 0. The van der Waals surface area contributed by atoms with E-state index in [9.17, 15) is 4.79 Å². The van der Waals surface area contributed by atoms with Gasteiger partial charge in [0.1, 0.15) is 6.73 Å². The molecule has 0 saturated carbocycles. The number of rotatable bonds is 7. The number of hydrogen-bond donors (Lipinski definition) is 2. The van der Waals surface area contributed by atoms with E-state index in [1.807, 2.05) is 17.9 Å². The molecular formula is C13H20N2O3. The number of carbonyl (C=O) groups is 1. The van der Waals surface area contributed by atoms with Crippen molar-refractivity contribution in [1.29, 1.82) is 0 Å². The molecule has 18 heavy (non-hydrogen) atoms. The molecule has 0 unspecified atom stereocenters. The van der Waals surface area contributed by atoms with Crippen molar-refractivity contribution in [3.05, 3.63) is 29.8 Å². The Hall–Kier alpha value is -1.59. The minimum Gasteiger partial charge on any atom is -0.478 e. The monoisotopic (exact) mass is 252 g/mol. The van der Waals surface area contributed by atoms with E-state index in [2.05, 4.69) is 0 Å². The van der Waals surface area contributed by atoms with Crippen molar-refractivity contribution in [2.24, 2.45) is 11.7 Å². The molecule has 0 amide bonds. The summed E-state index contributed by atoms with van der Waals surface area (Å²) in [7, 11) is 1.61. The summed E-state index contributed by atoms with van der Waals surface area (Å²) in [4.78, 5) is 12.9. The maximum atomic E-state index is 10.9. The fourth-order valence-electron chi connectivity index (χ4n) is 1.67. The highest BCUT2D eigenvalue weighted by Crippen LogP contribution is 2.17. The van der Waals surface area contributed by atoms with Gasteiger partial charge in [-0.25, -0.2) is 4.79 Å². The average Bonchev–Trinajstić information content (AvgIpc) is 2.38. The van der Waals surface area contributed by atoms with E-state index < -0.39 is 5.97 Å². The number of methoxy groups -OCH3 is 1. The minimum atomic E-state index is -0.930. The quantitative estimate of drug-likeness (QED) is 0.717. The first-order chi connectivity index (χ1) is 8.58. The van der Waals surface area contributed by atoms with Gasteiger partial charge in [-0.1, -0.05) is 13.0 Å². The highest BCUT2D eigenvalue weighted by atomic mass is 16.5. The second-order valence-electron chi connectivity index (χ2n) is 4.34. The number of benzene rings is 1. The fourth-order valence-corrected chi connectivity index (χ4v) is 1.67. The third kappa shape index (κ3) is 4.01. The lowest BCUT2D eigenvalue weighted by atomic mass is 10.1. The summed E-state index contributed by atoms with van der Waals surface area (Å²) in [5.74, 6) is -0.616. The molecule has 0 spiro atoms. The Kier molecular flexibility index (Phi) is 5.61. The van der Waals surface area contributed by atoms with Gasteiger partial charge < -0.3 is 20.5 Å². The zero-order chi connectivity index (χ0) is 13.5. The van der Waals surface area contributed by atoms with Crippen LogP contribution in [0.1, 0.15) is 17.3 Å². The van der Waals surface area contributed by atoms with E-state index in [4.69, 9.17) is 15.6 Å². The molecule has 0 aliphatic rings. The van der Waals surface area contributed by atoms with Crippen molar-refractivity contribution < 1.29 is 14.6 Å². The smallest absolute Gasteiger partial charge is 0.335 e. The maximum Gasteiger partial charge on any atom is 0.335 e. The fraction of sp³-hybridized carbons (Fsp3) is 0.462. The van der Waals surface area contributed by atoms with Crippen LogP contribution in [0.3, 0.4) is 0 Å². The minimum absolute atomic E-state index is 0.272. The van der Waals surface area contributed by atoms with Gasteiger partial charge in [0.25, 0.3) is 0 Å². The number of carboxylic acid groups (broad SMARTS) is 1. The van der Waals surface area contributed by atoms with Crippen LogP contribution in [0.2, 0.25) is 0 Å². The molecule has 0 heterocycles. The first-order valence-electron chi connectivity index (χ1n) is 5.85. The van der Waals surface area contributed by atoms with Crippen molar-refractivity contribution >= 4 is 11.7 Å². The molecule has 0 aromatic heterocycles. The molecule has 0 aliphatic heterocycles. The Morgan fingerprint density at radius 2 is 2.28 bits per heavy atom. The predicted octanol–water partition coefficient (Wildman–Crippen LogP) is 1.39. The highest BCUT2D eigenvalue weighted by Gasteiger charge is 2.12. The Morgan fingerprint density at radius 1 is 1.56 bits per heavy atom. The Morgan fingerprint density at radius 3 is 2.83 bits per heavy atom. The molecule has 1 aromatic rings. The van der Waals surface area contributed by atoms with Crippen LogP contribution in [0.4, 0.5) is 5.69 Å². The molecule has 1 atom stereocenters. The van der Waals surface area contributed by atoms with Gasteiger partial charge in [0.15, 0.2) is 0 Å². The normalized spacial score (nSPS) is 12.2. The van der Waals surface area contributed by atoms with Crippen molar-refractivity contribution in [3.63, 3.8) is 0 Å². The molecule has 1 rings (SSSR count). The molecule has 0 aliphatic carbocycles. The summed E-state index contributed by atoms with van der Waals surface area (Å²) in [5.41, 5.74) is 6.71. The number of carboxylic acids is 1. The van der Waals surface area contributed by atoms with Crippen LogP contribution in [0.15, 0.2) is 24.3 Å². The Labute approximate surface area is 107 Å². The molecule has 100 valence electrons. The van der Waals surface area contributed by atoms with E-state index in [0.29, 0.717) is 19.2 Å². The Balaban J connectivity index is 2.90. The molecule has 0 saturated heterocycles. The number of ether oxygens (including phenoxy) is 1. The van der Waals surface area contributed by atoms with Gasteiger partial charge in [-0.3, -0.25) is 0 Å². The van der Waals surface area contributed by atoms with Crippen molar-refractivity contribution in [3.8, 4) is 0 Å². The van der Waals surface area contributed by atoms with Gasteiger partial charge >= 0.3 is 5.97 Å². The molecule has 0 fully saturated rings. The van der Waals surface area contributed by atoms with Crippen LogP contribution >= 0.6 is 0 Å². The third-order valence-electron chi connectivity index (χ3n) is 2.68. The average molecular weight is 252 g/mol. The van der Waals surface area contributed by atoms with Crippen molar-refractivity contribution in [2.45, 2.75) is 6.92 Å². The molecule has 5 nitrogen and oxygen atoms in total. The number of aromatic carboxylic acids is 1. The summed E-state index contributed by atoms with van der Waals surface area (Å²) < 4.78 is 5.14. The van der Waals surface area contributed by atoms with E-state index in [1.54, 1.807) is 25.3 Å². The van der Waals surface area contributed by atoms with Gasteiger partial charge in [-0.05, 0) is 30.7 Å². The van der Waals surface area contributed by atoms with Crippen molar-refractivity contribution in [1.82, 2.24) is 0 Å². The summed E-state index contributed by atoms with van der Waals surface area (Å²) in [6, 6.07) is 6.82. The predicted molar refractivity (Wildman–Crippen MR) is 70.8 cm³/mol. The first kappa shape index (κ1) is 14.5. The van der Waals surface area contributed by atoms with Crippen LogP contribution in [0.25, 0.3) is 0 Å². The first-order valence-corrected chi connectivity index (χ1v) is 5.85. The largest absolute Gasteiger partial charge is 0.478 e. The van der Waals surface area contributed by atoms with E-state index in [-0.39, 0.29) is 5.56 Å². The van der Waals surface area contributed by atoms with Crippen LogP contribution < -0.4 is 10.6 Å². The Bertz CT molecular complexity index is 396. The molecule has 1 aromatic carbocycles. The molecular weight excluding hydrogens is 232 g/mol. The van der Waals surface area contributed by atoms with Crippen LogP contribution in [0.5, 0.6) is 0 Å². The van der Waals surface area contributed by atoms with E-state index in [0.717, 1.165) is 12.2 Å². The van der Waals surface area contributed by atoms with Crippen LogP contribution in [-0.4, -0.2) is 38.0 Å². The van der Waals surface area contributed by atoms with E-state index in [1.165, 1.54) is 0 Å². The van der Waals surface area contributed by atoms with Gasteiger partial charge in [0, 0.05) is 19.3 Å². The molecule has 5 heteroatoms. The number of nitrogens with two attached hydrogens (primary N) is 1. The van der Waals surface area contributed by atoms with Gasteiger partial charge in [0.05, 0.1) is 5.56 Å². The lowest BCUT2D eigenvalue weighted by Crippen LogP contribution is -2.33. The maximum absolute atomic E-state index is 10.9. The SMILES string of the molecule is COCN(C[C@@H](C)CN)c1cccc(C(=O)O)c1. The molecule has 3 N–H and O–H groups in total. The number of hydrogen-bond acceptors (Lipinski definition) is 4. The zero-order valence-electron chi connectivity index (χ0n) is 10.8. The number of nitrogens with zero attached hydrogens (tertiary/aromatic N) is 1. The van der Waals surface area contributed by atoms with E-state index >= 15 is 0 Å². The number of anilines is 1. The summed E-state index contributed by atoms with van der Waals surface area (Å²) >= 11 is 0. The molecule has 0 bridgehead atoms. The van der Waals surface area contributed by atoms with Crippen LogP contribution in [-0.2, 0) is 4.74 Å². The standard InChI is InChI=1S/C13H20N2O3/c1-10(7-14)8-15(9-18-2)12-5-3-4-11(6-12)13(16)17/h3-6,10H,7-9,14H2,1-2H3,(H,16,17)/t10-/m0/s1. The molecule has 0 radical (unpaired) electrons. The van der Waals surface area contributed by atoms with Gasteiger partial charge in [-0.2, -0.15) is 0 Å². The zero-order valence-corrected chi connectivity index (χ0v) is 10.8. The summed E-state index contributed by atoms with van der Waals surface area (Å²) in [6.45, 7) is 3.77. The lowest BCUT2D eigenvalue weighted by Gasteiger charge is -2.26.